The summed E-state index contributed by atoms with van der Waals surface area (Å²) in [6.45, 7) is 7.81. The highest BCUT2D eigenvalue weighted by molar-refractivity contribution is 9.10. The van der Waals surface area contributed by atoms with Gasteiger partial charge >= 0.3 is 5.97 Å². The van der Waals surface area contributed by atoms with Crippen LogP contribution in [0.25, 0.3) is 10.9 Å². The smallest absolute Gasteiger partial charge is 0.338 e. The SMILES string of the molecule is CCOC(=O)c1ccnc2cc(Br)c(N3C(C)COCC3C)cc12. The summed E-state index contributed by atoms with van der Waals surface area (Å²) in [5.41, 5.74) is 2.36. The molecule has 2 heterocycles. The molecular formula is C18H21BrN2O3. The van der Waals surface area contributed by atoms with Gasteiger partial charge in [0.2, 0.25) is 0 Å². The van der Waals surface area contributed by atoms with Gasteiger partial charge in [-0.1, -0.05) is 0 Å². The zero-order chi connectivity index (χ0) is 17.3. The molecule has 5 nitrogen and oxygen atoms in total. The molecule has 3 rings (SSSR count). The molecule has 0 saturated carbocycles. The van der Waals surface area contributed by atoms with Gasteiger partial charge in [-0.15, -0.1) is 0 Å². The number of hydrogen-bond acceptors (Lipinski definition) is 5. The van der Waals surface area contributed by atoms with Crippen LogP contribution in [-0.2, 0) is 9.47 Å². The van der Waals surface area contributed by atoms with Crippen LogP contribution < -0.4 is 4.90 Å². The molecule has 0 bridgehead atoms. The highest BCUT2D eigenvalue weighted by Gasteiger charge is 2.28. The standard InChI is InChI=1S/C18H21BrN2O3/c1-4-24-18(22)13-5-6-20-16-8-15(19)17(7-14(13)16)21-11(2)9-23-10-12(21)3/h5-8,11-12H,4,9-10H2,1-3H3. The highest BCUT2D eigenvalue weighted by Crippen LogP contribution is 2.35. The first kappa shape index (κ1) is 17.2. The van der Waals surface area contributed by atoms with E-state index >= 15 is 0 Å². The van der Waals surface area contributed by atoms with E-state index in [1.54, 1.807) is 19.2 Å². The van der Waals surface area contributed by atoms with Gasteiger partial charge in [0.1, 0.15) is 0 Å². The number of carbonyl (C=O) groups is 1. The number of ether oxygens (including phenoxy) is 2. The maximum absolute atomic E-state index is 12.3. The van der Waals surface area contributed by atoms with E-state index in [2.05, 4.69) is 39.7 Å². The number of fused-ring (bicyclic) bond motifs is 1. The van der Waals surface area contributed by atoms with Gasteiger partial charge in [0.15, 0.2) is 0 Å². The van der Waals surface area contributed by atoms with E-state index < -0.39 is 0 Å². The summed E-state index contributed by atoms with van der Waals surface area (Å²) in [5.74, 6) is -0.318. The maximum atomic E-state index is 12.3. The van der Waals surface area contributed by atoms with Gasteiger partial charge < -0.3 is 14.4 Å². The molecule has 0 aliphatic carbocycles. The second-order valence-corrected chi connectivity index (χ2v) is 6.90. The monoisotopic (exact) mass is 392 g/mol. The molecule has 2 atom stereocenters. The summed E-state index contributed by atoms with van der Waals surface area (Å²) < 4.78 is 11.8. The zero-order valence-corrected chi connectivity index (χ0v) is 15.7. The Morgan fingerprint density at radius 2 is 2.08 bits per heavy atom. The molecule has 1 aromatic carbocycles. The average molecular weight is 393 g/mol. The fourth-order valence-electron chi connectivity index (χ4n) is 3.22. The van der Waals surface area contributed by atoms with Gasteiger partial charge in [-0.05, 0) is 54.9 Å². The van der Waals surface area contributed by atoms with Crippen molar-refractivity contribution in [3.63, 3.8) is 0 Å². The Hall–Kier alpha value is -1.66. The lowest BCUT2D eigenvalue weighted by molar-refractivity contribution is 0.0528. The number of pyridine rings is 1. The fourth-order valence-corrected chi connectivity index (χ4v) is 3.76. The molecule has 1 aliphatic rings. The van der Waals surface area contributed by atoms with E-state index in [1.165, 1.54) is 0 Å². The van der Waals surface area contributed by atoms with E-state index in [0.29, 0.717) is 25.4 Å². The number of carbonyl (C=O) groups excluding carboxylic acids is 1. The Kier molecular flexibility index (Phi) is 5.06. The van der Waals surface area contributed by atoms with Crippen LogP contribution in [0.15, 0.2) is 28.9 Å². The van der Waals surface area contributed by atoms with Gasteiger partial charge in [0.25, 0.3) is 0 Å². The topological polar surface area (TPSA) is 51.7 Å². The summed E-state index contributed by atoms with van der Waals surface area (Å²) in [4.78, 5) is 19.0. The third kappa shape index (κ3) is 3.13. The molecule has 0 N–H and O–H groups in total. The predicted octanol–water partition coefficient (Wildman–Crippen LogP) is 3.79. The lowest BCUT2D eigenvalue weighted by Gasteiger charge is -2.41. The quantitative estimate of drug-likeness (QED) is 0.743. The number of morpholine rings is 1. The van der Waals surface area contributed by atoms with E-state index in [9.17, 15) is 4.79 Å². The first-order valence-electron chi connectivity index (χ1n) is 8.14. The van der Waals surface area contributed by atoms with Crippen LogP contribution >= 0.6 is 15.9 Å². The van der Waals surface area contributed by atoms with Crippen molar-refractivity contribution < 1.29 is 14.3 Å². The van der Waals surface area contributed by atoms with Gasteiger partial charge in [-0.25, -0.2) is 4.79 Å². The van der Waals surface area contributed by atoms with E-state index in [0.717, 1.165) is 21.1 Å². The fraction of sp³-hybridized carbons (Fsp3) is 0.444. The first-order chi connectivity index (χ1) is 11.5. The first-order valence-corrected chi connectivity index (χ1v) is 8.93. The van der Waals surface area contributed by atoms with E-state index in [4.69, 9.17) is 9.47 Å². The van der Waals surface area contributed by atoms with Crippen LogP contribution in [-0.4, -0.2) is 42.9 Å². The van der Waals surface area contributed by atoms with Gasteiger partial charge in [0, 0.05) is 28.1 Å². The number of halogens is 1. The van der Waals surface area contributed by atoms with Crippen molar-refractivity contribution in [1.29, 1.82) is 0 Å². The average Bonchev–Trinajstić information content (AvgIpc) is 2.54. The number of nitrogens with zero attached hydrogens (tertiary/aromatic N) is 2. The minimum absolute atomic E-state index is 0.255. The Balaban J connectivity index is 2.14. The van der Waals surface area contributed by atoms with Crippen molar-refractivity contribution >= 4 is 38.5 Å². The zero-order valence-electron chi connectivity index (χ0n) is 14.1. The number of aromatic nitrogens is 1. The van der Waals surface area contributed by atoms with Gasteiger partial charge in [-0.2, -0.15) is 0 Å². The molecule has 128 valence electrons. The largest absolute Gasteiger partial charge is 0.462 e. The second kappa shape index (κ2) is 7.07. The summed E-state index contributed by atoms with van der Waals surface area (Å²) in [5, 5.41) is 0.806. The molecule has 2 unspecified atom stereocenters. The van der Waals surface area contributed by atoms with Gasteiger partial charge in [-0.3, -0.25) is 4.98 Å². The number of hydrogen-bond donors (Lipinski definition) is 0. The van der Waals surface area contributed by atoms with Crippen molar-refractivity contribution in [2.75, 3.05) is 24.7 Å². The third-order valence-electron chi connectivity index (χ3n) is 4.25. The summed E-state index contributed by atoms with van der Waals surface area (Å²) >= 11 is 3.66. The van der Waals surface area contributed by atoms with E-state index in [1.807, 2.05) is 12.1 Å². The molecule has 6 heteroatoms. The minimum Gasteiger partial charge on any atom is -0.462 e. The number of rotatable bonds is 3. The molecule has 1 saturated heterocycles. The Labute approximate surface area is 150 Å². The molecule has 0 radical (unpaired) electrons. The van der Waals surface area contributed by atoms with Crippen molar-refractivity contribution in [1.82, 2.24) is 4.98 Å². The van der Waals surface area contributed by atoms with Gasteiger partial charge in [0.05, 0.1) is 36.6 Å². The van der Waals surface area contributed by atoms with Crippen LogP contribution in [0, 0.1) is 0 Å². The van der Waals surface area contributed by atoms with Crippen LogP contribution in [0.2, 0.25) is 0 Å². The van der Waals surface area contributed by atoms with Crippen molar-refractivity contribution in [3.8, 4) is 0 Å². The molecule has 2 aromatic rings. The Bertz CT molecular complexity index is 755. The third-order valence-corrected chi connectivity index (χ3v) is 4.89. The second-order valence-electron chi connectivity index (χ2n) is 6.04. The molecular weight excluding hydrogens is 372 g/mol. The summed E-state index contributed by atoms with van der Waals surface area (Å²) in [7, 11) is 0. The van der Waals surface area contributed by atoms with Crippen molar-refractivity contribution in [3.05, 3.63) is 34.4 Å². The van der Waals surface area contributed by atoms with Crippen LogP contribution in [0.3, 0.4) is 0 Å². The molecule has 1 aromatic heterocycles. The lowest BCUT2D eigenvalue weighted by Crippen LogP contribution is -2.49. The highest BCUT2D eigenvalue weighted by atomic mass is 79.9. The maximum Gasteiger partial charge on any atom is 0.338 e. The number of esters is 1. The molecule has 0 amide bonds. The number of anilines is 1. The normalized spacial score (nSPS) is 21.1. The van der Waals surface area contributed by atoms with E-state index in [-0.39, 0.29) is 18.1 Å². The van der Waals surface area contributed by atoms with Crippen LogP contribution in [0.1, 0.15) is 31.1 Å². The lowest BCUT2D eigenvalue weighted by atomic mass is 10.1. The molecule has 0 spiro atoms. The van der Waals surface area contributed by atoms with Crippen molar-refractivity contribution in [2.24, 2.45) is 0 Å². The van der Waals surface area contributed by atoms with Crippen LogP contribution in [0.5, 0.6) is 0 Å². The predicted molar refractivity (Wildman–Crippen MR) is 97.6 cm³/mol. The molecule has 24 heavy (non-hydrogen) atoms. The summed E-state index contributed by atoms with van der Waals surface area (Å²) in [6.07, 6.45) is 1.64. The molecule has 1 fully saturated rings. The Morgan fingerprint density at radius 1 is 1.38 bits per heavy atom. The minimum atomic E-state index is -0.318. The Morgan fingerprint density at radius 3 is 2.75 bits per heavy atom. The molecule has 1 aliphatic heterocycles. The summed E-state index contributed by atoms with van der Waals surface area (Å²) in [6, 6.07) is 6.21. The van der Waals surface area contributed by atoms with Crippen LogP contribution in [0.4, 0.5) is 5.69 Å². The van der Waals surface area contributed by atoms with Crippen molar-refractivity contribution in [2.45, 2.75) is 32.9 Å². The number of benzene rings is 1.